The van der Waals surface area contributed by atoms with Crippen LogP contribution in [0.4, 0.5) is 0 Å². The maximum Gasteiger partial charge on any atom is 0.246 e. The zero-order valence-electron chi connectivity index (χ0n) is 21.1. The number of ether oxygens (including phenoxy) is 2. The molecular weight excluding hydrogens is 454 g/mol. The van der Waals surface area contributed by atoms with Crippen LogP contribution in [-0.4, -0.2) is 59.4 Å². The van der Waals surface area contributed by atoms with E-state index in [1.54, 1.807) is 19.1 Å². The quantitative estimate of drug-likeness (QED) is 0.590. The van der Waals surface area contributed by atoms with Crippen LogP contribution in [0.5, 0.6) is 11.5 Å². The lowest BCUT2D eigenvalue weighted by molar-refractivity contribution is -0.161. The van der Waals surface area contributed by atoms with Gasteiger partial charge in [-0.2, -0.15) is 0 Å². The molecule has 7 heteroatoms. The van der Waals surface area contributed by atoms with Gasteiger partial charge in [0.1, 0.15) is 30.1 Å². The van der Waals surface area contributed by atoms with Gasteiger partial charge in [-0.1, -0.05) is 25.1 Å². The zero-order chi connectivity index (χ0) is 25.0. The molecule has 3 heterocycles. The minimum Gasteiger partial charge on any atom is -0.497 e. The van der Waals surface area contributed by atoms with Crippen molar-refractivity contribution in [1.29, 1.82) is 0 Å². The monoisotopic (exact) mass is 487 g/mol. The molecule has 3 aliphatic rings. The molecule has 0 bridgehead atoms. The van der Waals surface area contributed by atoms with E-state index in [0.717, 1.165) is 53.4 Å². The predicted octanol–water partition coefficient (Wildman–Crippen LogP) is 4.45. The van der Waals surface area contributed by atoms with Gasteiger partial charge >= 0.3 is 0 Å². The Morgan fingerprint density at radius 1 is 0.972 bits per heavy atom. The van der Waals surface area contributed by atoms with Crippen molar-refractivity contribution in [2.45, 2.75) is 57.2 Å². The van der Waals surface area contributed by atoms with Crippen LogP contribution in [0.3, 0.4) is 0 Å². The molecule has 2 fully saturated rings. The Morgan fingerprint density at radius 2 is 1.75 bits per heavy atom. The highest BCUT2D eigenvalue weighted by Gasteiger charge is 2.50. The van der Waals surface area contributed by atoms with Crippen LogP contribution in [0.1, 0.15) is 55.5 Å². The van der Waals surface area contributed by atoms with Gasteiger partial charge in [-0.3, -0.25) is 9.59 Å². The first-order valence-corrected chi connectivity index (χ1v) is 12.9. The van der Waals surface area contributed by atoms with Gasteiger partial charge in [0, 0.05) is 34.6 Å². The number of piperazine rings is 1. The van der Waals surface area contributed by atoms with Crippen molar-refractivity contribution in [2.24, 2.45) is 5.92 Å². The molecule has 0 spiro atoms. The number of nitrogens with one attached hydrogen (secondary N) is 1. The van der Waals surface area contributed by atoms with Gasteiger partial charge in [0.15, 0.2) is 0 Å². The number of hydrogen-bond acceptors (Lipinski definition) is 4. The Morgan fingerprint density at radius 3 is 2.50 bits per heavy atom. The summed E-state index contributed by atoms with van der Waals surface area (Å²) < 4.78 is 11.3. The average Bonchev–Trinajstić information content (AvgIpc) is 3.28. The second kappa shape index (κ2) is 8.87. The number of carbonyl (C=O) groups is 2. The third-order valence-electron chi connectivity index (χ3n) is 8.45. The van der Waals surface area contributed by atoms with Gasteiger partial charge in [-0.15, -0.1) is 0 Å². The molecule has 6 rings (SSSR count). The van der Waals surface area contributed by atoms with Crippen LogP contribution in [0, 0.1) is 5.92 Å². The van der Waals surface area contributed by atoms with E-state index < -0.39 is 12.1 Å². The molecule has 2 atom stereocenters. The van der Waals surface area contributed by atoms with Gasteiger partial charge in [0.2, 0.25) is 11.8 Å². The fourth-order valence-corrected chi connectivity index (χ4v) is 6.53. The van der Waals surface area contributed by atoms with E-state index in [0.29, 0.717) is 23.8 Å². The first-order valence-electron chi connectivity index (χ1n) is 12.9. The Bertz CT molecular complexity index is 1320. The van der Waals surface area contributed by atoms with Gasteiger partial charge in [0.05, 0.1) is 14.2 Å². The molecule has 0 radical (unpaired) electrons. The van der Waals surface area contributed by atoms with E-state index in [1.807, 2.05) is 41.3 Å². The summed E-state index contributed by atoms with van der Waals surface area (Å²) in [6, 6.07) is 12.9. The Kier molecular flexibility index (Phi) is 5.66. The molecule has 188 valence electrons. The molecule has 2 amide bonds. The van der Waals surface area contributed by atoms with Crippen molar-refractivity contribution in [3.63, 3.8) is 0 Å². The molecule has 0 unspecified atom stereocenters. The summed E-state index contributed by atoms with van der Waals surface area (Å²) in [6.07, 6.45) is 4.66. The van der Waals surface area contributed by atoms with Crippen LogP contribution in [0.2, 0.25) is 0 Å². The SMILES string of the molecule is COc1ccc(OC)c([C@H]2c3[nH]c4ccccc4c3C[C@H]3C(=O)N(C4CCC(C)CC4)CC(=O)N23)c1. The van der Waals surface area contributed by atoms with E-state index in [-0.39, 0.29) is 24.4 Å². The summed E-state index contributed by atoms with van der Waals surface area (Å²) >= 11 is 0. The number of fused-ring (bicyclic) bond motifs is 4. The molecule has 1 saturated heterocycles. The fourth-order valence-electron chi connectivity index (χ4n) is 6.53. The Labute approximate surface area is 211 Å². The molecule has 1 N–H and O–H groups in total. The third kappa shape index (κ3) is 3.55. The molecule has 2 aromatic carbocycles. The Hall–Kier alpha value is -3.48. The van der Waals surface area contributed by atoms with Gasteiger partial charge in [0.25, 0.3) is 0 Å². The molecular formula is C29H33N3O4. The topological polar surface area (TPSA) is 74.9 Å². The largest absolute Gasteiger partial charge is 0.497 e. The molecule has 2 aliphatic heterocycles. The number of H-pyrrole nitrogens is 1. The number of benzene rings is 2. The lowest BCUT2D eigenvalue weighted by Gasteiger charge is -2.49. The number of aromatic amines is 1. The lowest BCUT2D eigenvalue weighted by Crippen LogP contribution is -2.65. The van der Waals surface area contributed by atoms with Crippen molar-refractivity contribution in [1.82, 2.24) is 14.8 Å². The maximum atomic E-state index is 14.1. The standard InChI is InChI=1S/C29H33N3O4/c1-17-8-10-18(11-9-17)31-16-26(33)32-24(29(31)34)15-21-20-6-4-5-7-23(20)30-27(21)28(32)22-14-19(35-2)12-13-25(22)36-3/h4-7,12-14,17-18,24,28,30H,8-11,15-16H2,1-3H3/t17?,18?,24-,28-/m0/s1. The summed E-state index contributed by atoms with van der Waals surface area (Å²) in [4.78, 5) is 35.2. The Balaban J connectivity index is 1.49. The van der Waals surface area contributed by atoms with Crippen LogP contribution in [-0.2, 0) is 16.0 Å². The van der Waals surface area contributed by atoms with E-state index in [4.69, 9.17) is 9.47 Å². The highest BCUT2D eigenvalue weighted by Crippen LogP contribution is 2.46. The first kappa shape index (κ1) is 23.0. The van der Waals surface area contributed by atoms with Crippen LogP contribution in [0.15, 0.2) is 42.5 Å². The number of hydrogen-bond donors (Lipinski definition) is 1. The van der Waals surface area contributed by atoms with Gasteiger partial charge in [-0.05, 0) is 61.4 Å². The minimum absolute atomic E-state index is 0.0163. The number of carbonyl (C=O) groups excluding carboxylic acids is 2. The number of aromatic nitrogens is 1. The summed E-state index contributed by atoms with van der Waals surface area (Å²) in [7, 11) is 3.26. The van der Waals surface area contributed by atoms with Crippen LogP contribution < -0.4 is 9.47 Å². The second-order valence-corrected chi connectivity index (χ2v) is 10.5. The molecule has 1 aliphatic carbocycles. The van der Waals surface area contributed by atoms with E-state index >= 15 is 0 Å². The van der Waals surface area contributed by atoms with E-state index in [2.05, 4.69) is 18.0 Å². The summed E-state index contributed by atoms with van der Waals surface area (Å²) in [6.45, 7) is 2.40. The lowest BCUT2D eigenvalue weighted by atomic mass is 9.83. The second-order valence-electron chi connectivity index (χ2n) is 10.5. The van der Waals surface area contributed by atoms with E-state index in [9.17, 15) is 9.59 Å². The normalized spacial score (nSPS) is 26.1. The summed E-state index contributed by atoms with van der Waals surface area (Å²) in [5.74, 6) is 2.07. The number of methoxy groups -OCH3 is 2. The molecule has 36 heavy (non-hydrogen) atoms. The number of nitrogens with zero attached hydrogens (tertiary/aromatic N) is 2. The molecule has 3 aromatic rings. The predicted molar refractivity (Wildman–Crippen MR) is 137 cm³/mol. The maximum absolute atomic E-state index is 14.1. The van der Waals surface area contributed by atoms with Gasteiger partial charge < -0.3 is 24.3 Å². The highest BCUT2D eigenvalue weighted by molar-refractivity contribution is 5.98. The van der Waals surface area contributed by atoms with Crippen molar-refractivity contribution >= 4 is 22.7 Å². The average molecular weight is 488 g/mol. The molecule has 7 nitrogen and oxygen atoms in total. The van der Waals surface area contributed by atoms with Crippen LogP contribution in [0.25, 0.3) is 10.9 Å². The van der Waals surface area contributed by atoms with E-state index in [1.165, 1.54) is 0 Å². The zero-order valence-corrected chi connectivity index (χ0v) is 21.1. The fraction of sp³-hybridized carbons (Fsp3) is 0.448. The smallest absolute Gasteiger partial charge is 0.246 e. The number of rotatable bonds is 4. The molecule has 1 aromatic heterocycles. The molecule has 1 saturated carbocycles. The van der Waals surface area contributed by atoms with Gasteiger partial charge in [-0.25, -0.2) is 0 Å². The highest BCUT2D eigenvalue weighted by atomic mass is 16.5. The number of amides is 2. The minimum atomic E-state index is -0.543. The van der Waals surface area contributed by atoms with Crippen molar-refractivity contribution in [2.75, 3.05) is 20.8 Å². The van der Waals surface area contributed by atoms with Crippen molar-refractivity contribution in [3.8, 4) is 11.5 Å². The summed E-state index contributed by atoms with van der Waals surface area (Å²) in [5, 5.41) is 1.10. The first-order chi connectivity index (χ1) is 17.5. The summed E-state index contributed by atoms with van der Waals surface area (Å²) in [5.41, 5.74) is 3.87. The van der Waals surface area contributed by atoms with Crippen molar-refractivity contribution in [3.05, 3.63) is 59.3 Å². The van der Waals surface area contributed by atoms with Crippen molar-refractivity contribution < 1.29 is 19.1 Å². The number of para-hydroxylation sites is 1. The third-order valence-corrected chi connectivity index (χ3v) is 8.45. The van der Waals surface area contributed by atoms with Crippen LogP contribution >= 0.6 is 0 Å².